The summed E-state index contributed by atoms with van der Waals surface area (Å²) in [6, 6.07) is 1.73. The molecule has 0 atom stereocenters. The van der Waals surface area contributed by atoms with Gasteiger partial charge in [-0.3, -0.25) is 5.32 Å². The Hall–Kier alpha value is -1.23. The molecule has 0 aliphatic heterocycles. The number of anilines is 2. The average molecular weight is 200 g/mol. The molecule has 0 fully saturated rings. The fourth-order valence-electron chi connectivity index (χ4n) is 0.757. The molecule has 4 nitrogen and oxygen atoms in total. The molecule has 13 heavy (non-hydrogen) atoms. The Morgan fingerprint density at radius 1 is 1.69 bits per heavy atom. The van der Waals surface area contributed by atoms with Crippen LogP contribution >= 0.6 is 11.3 Å². The first-order valence-corrected chi connectivity index (χ1v) is 4.78. The van der Waals surface area contributed by atoms with Gasteiger partial charge in [-0.05, 0) is 25.3 Å². The summed E-state index contributed by atoms with van der Waals surface area (Å²) >= 11 is 1.37. The Labute approximate surface area is 80.7 Å². The summed E-state index contributed by atoms with van der Waals surface area (Å²) in [6.07, 6.45) is -0.592. The molecule has 0 aliphatic rings. The number of nitrogens with one attached hydrogen (secondary N) is 1. The fourth-order valence-corrected chi connectivity index (χ4v) is 1.45. The molecule has 0 radical (unpaired) electrons. The summed E-state index contributed by atoms with van der Waals surface area (Å²) in [4.78, 5) is 11.1. The number of thiophene rings is 1. The molecule has 1 amide bonds. The lowest BCUT2D eigenvalue weighted by atomic mass is 10.5. The van der Waals surface area contributed by atoms with E-state index < -0.39 is 6.09 Å². The molecule has 1 aromatic heterocycles. The van der Waals surface area contributed by atoms with E-state index in [4.69, 9.17) is 10.5 Å². The highest BCUT2D eigenvalue weighted by Crippen LogP contribution is 2.25. The van der Waals surface area contributed by atoms with Gasteiger partial charge in [0.1, 0.15) is 5.00 Å². The zero-order valence-corrected chi connectivity index (χ0v) is 8.35. The number of amides is 1. The number of nitrogens with two attached hydrogens (primary N) is 1. The van der Waals surface area contributed by atoms with Crippen LogP contribution in [0.1, 0.15) is 13.8 Å². The van der Waals surface area contributed by atoms with E-state index in [1.54, 1.807) is 25.3 Å². The lowest BCUT2D eigenvalue weighted by molar-refractivity contribution is 0.130. The molecule has 72 valence electrons. The van der Waals surface area contributed by atoms with E-state index in [1.807, 2.05) is 0 Å². The van der Waals surface area contributed by atoms with E-state index >= 15 is 0 Å². The van der Waals surface area contributed by atoms with Gasteiger partial charge in [0, 0.05) is 0 Å². The zero-order chi connectivity index (χ0) is 9.84. The topological polar surface area (TPSA) is 64.3 Å². The summed E-state index contributed by atoms with van der Waals surface area (Å²) in [5, 5.41) is 4.99. The van der Waals surface area contributed by atoms with Crippen LogP contribution in [-0.4, -0.2) is 12.2 Å². The van der Waals surface area contributed by atoms with Crippen molar-refractivity contribution < 1.29 is 9.53 Å². The number of carbonyl (C=O) groups excluding carboxylic acids is 1. The molecule has 1 heterocycles. The maximum atomic E-state index is 11.1. The SMILES string of the molecule is CC(C)OC(=O)Nc1sccc1N. The quantitative estimate of drug-likeness (QED) is 0.769. The molecular weight excluding hydrogens is 188 g/mol. The molecule has 0 saturated carbocycles. The van der Waals surface area contributed by atoms with Gasteiger partial charge in [-0.25, -0.2) is 4.79 Å². The third-order valence-corrected chi connectivity index (χ3v) is 2.10. The molecule has 3 N–H and O–H groups in total. The molecule has 0 aromatic carbocycles. The molecule has 0 bridgehead atoms. The minimum Gasteiger partial charge on any atom is -0.447 e. The normalized spacial score (nSPS) is 10.1. The van der Waals surface area contributed by atoms with Crippen molar-refractivity contribution in [2.45, 2.75) is 20.0 Å². The standard InChI is InChI=1S/C8H12N2O2S/c1-5(2)12-8(11)10-7-6(9)3-4-13-7/h3-5H,9H2,1-2H3,(H,10,11). The maximum Gasteiger partial charge on any atom is 0.412 e. The Morgan fingerprint density at radius 2 is 2.38 bits per heavy atom. The lowest BCUT2D eigenvalue weighted by Gasteiger charge is -2.08. The van der Waals surface area contributed by atoms with Gasteiger partial charge in [0.15, 0.2) is 0 Å². The predicted octanol–water partition coefficient (Wildman–Crippen LogP) is 2.29. The highest BCUT2D eigenvalue weighted by atomic mass is 32.1. The summed E-state index contributed by atoms with van der Waals surface area (Å²) in [5.41, 5.74) is 6.12. The molecule has 0 unspecified atom stereocenters. The van der Waals surface area contributed by atoms with Gasteiger partial charge in [0.25, 0.3) is 0 Å². The Balaban J connectivity index is 2.50. The molecule has 0 spiro atoms. The van der Waals surface area contributed by atoms with Crippen LogP contribution in [0, 0.1) is 0 Å². The van der Waals surface area contributed by atoms with Crippen molar-refractivity contribution in [1.29, 1.82) is 0 Å². The fraction of sp³-hybridized carbons (Fsp3) is 0.375. The van der Waals surface area contributed by atoms with E-state index in [0.29, 0.717) is 10.7 Å². The second kappa shape index (κ2) is 4.13. The lowest BCUT2D eigenvalue weighted by Crippen LogP contribution is -2.17. The monoisotopic (exact) mass is 200 g/mol. The van der Waals surface area contributed by atoms with Crippen molar-refractivity contribution in [2.24, 2.45) is 0 Å². The number of hydrogen-bond donors (Lipinski definition) is 2. The van der Waals surface area contributed by atoms with Crippen molar-refractivity contribution in [3.63, 3.8) is 0 Å². The van der Waals surface area contributed by atoms with Crippen LogP contribution in [0.15, 0.2) is 11.4 Å². The van der Waals surface area contributed by atoms with Gasteiger partial charge in [0.05, 0.1) is 11.8 Å². The molecule has 1 rings (SSSR count). The summed E-state index contributed by atoms with van der Waals surface area (Å²) in [7, 11) is 0. The van der Waals surface area contributed by atoms with Crippen LogP contribution in [0.2, 0.25) is 0 Å². The summed E-state index contributed by atoms with van der Waals surface area (Å²) < 4.78 is 4.88. The highest BCUT2D eigenvalue weighted by molar-refractivity contribution is 7.15. The molecule has 1 aromatic rings. The van der Waals surface area contributed by atoms with Gasteiger partial charge in [-0.2, -0.15) is 0 Å². The van der Waals surface area contributed by atoms with Gasteiger partial charge in [0.2, 0.25) is 0 Å². The average Bonchev–Trinajstić information content (AvgIpc) is 2.34. The maximum absolute atomic E-state index is 11.1. The Kier molecular flexibility index (Phi) is 3.13. The predicted molar refractivity (Wildman–Crippen MR) is 54.0 cm³/mol. The second-order valence-corrected chi connectivity index (χ2v) is 3.70. The Morgan fingerprint density at radius 3 is 2.85 bits per heavy atom. The number of nitrogen functional groups attached to an aromatic ring is 1. The van der Waals surface area contributed by atoms with Crippen LogP contribution in [0.3, 0.4) is 0 Å². The highest BCUT2D eigenvalue weighted by Gasteiger charge is 2.08. The van der Waals surface area contributed by atoms with E-state index in [9.17, 15) is 4.79 Å². The van der Waals surface area contributed by atoms with Crippen molar-refractivity contribution >= 4 is 28.1 Å². The molecule has 5 heteroatoms. The van der Waals surface area contributed by atoms with Crippen LogP contribution in [0.5, 0.6) is 0 Å². The van der Waals surface area contributed by atoms with Crippen LogP contribution in [0.4, 0.5) is 15.5 Å². The Bertz CT molecular complexity index is 296. The summed E-state index contributed by atoms with van der Waals surface area (Å²) in [5.74, 6) is 0. The van der Waals surface area contributed by atoms with E-state index in [-0.39, 0.29) is 6.10 Å². The van der Waals surface area contributed by atoms with Crippen molar-refractivity contribution in [3.05, 3.63) is 11.4 Å². The third-order valence-electron chi connectivity index (χ3n) is 1.25. The van der Waals surface area contributed by atoms with Crippen LogP contribution < -0.4 is 11.1 Å². The second-order valence-electron chi connectivity index (χ2n) is 2.78. The number of rotatable bonds is 2. The van der Waals surface area contributed by atoms with Gasteiger partial charge < -0.3 is 10.5 Å². The minimum atomic E-state index is -0.468. The van der Waals surface area contributed by atoms with Gasteiger partial charge in [-0.15, -0.1) is 11.3 Å². The van der Waals surface area contributed by atoms with E-state index in [0.717, 1.165) is 0 Å². The largest absolute Gasteiger partial charge is 0.447 e. The zero-order valence-electron chi connectivity index (χ0n) is 7.53. The number of ether oxygens (including phenoxy) is 1. The third kappa shape index (κ3) is 2.95. The van der Waals surface area contributed by atoms with Gasteiger partial charge >= 0.3 is 6.09 Å². The van der Waals surface area contributed by atoms with Crippen molar-refractivity contribution in [1.82, 2.24) is 0 Å². The first-order valence-electron chi connectivity index (χ1n) is 3.90. The first-order chi connectivity index (χ1) is 6.09. The van der Waals surface area contributed by atoms with E-state index in [2.05, 4.69) is 5.32 Å². The van der Waals surface area contributed by atoms with E-state index in [1.165, 1.54) is 11.3 Å². The minimum absolute atomic E-state index is 0.124. The molecule has 0 aliphatic carbocycles. The van der Waals surface area contributed by atoms with Gasteiger partial charge in [-0.1, -0.05) is 0 Å². The number of hydrogen-bond acceptors (Lipinski definition) is 4. The smallest absolute Gasteiger partial charge is 0.412 e. The summed E-state index contributed by atoms with van der Waals surface area (Å²) in [6.45, 7) is 3.58. The van der Waals surface area contributed by atoms with Crippen molar-refractivity contribution in [2.75, 3.05) is 11.1 Å². The number of carbonyl (C=O) groups is 1. The first kappa shape index (κ1) is 9.85. The van der Waals surface area contributed by atoms with Crippen molar-refractivity contribution in [3.8, 4) is 0 Å². The van der Waals surface area contributed by atoms with Crippen LogP contribution in [0.25, 0.3) is 0 Å². The van der Waals surface area contributed by atoms with Crippen LogP contribution in [-0.2, 0) is 4.74 Å². The molecular formula is C8H12N2O2S. The molecule has 0 saturated heterocycles.